The molecule has 0 aliphatic carbocycles. The molecule has 0 saturated heterocycles. The molecule has 7 nitrogen and oxygen atoms in total. The first-order valence-corrected chi connectivity index (χ1v) is 10.1. The molecule has 0 unspecified atom stereocenters. The number of aryl methyl sites for hydroxylation is 1. The minimum Gasteiger partial charge on any atom is -0.342 e. The van der Waals surface area contributed by atoms with Crippen LogP contribution in [0.5, 0.6) is 0 Å². The van der Waals surface area contributed by atoms with Gasteiger partial charge in [0.1, 0.15) is 6.54 Å². The van der Waals surface area contributed by atoms with Crippen LogP contribution in [0.3, 0.4) is 0 Å². The van der Waals surface area contributed by atoms with E-state index in [9.17, 15) is 18.0 Å². The van der Waals surface area contributed by atoms with Gasteiger partial charge in [0.05, 0.1) is 17.3 Å². The summed E-state index contributed by atoms with van der Waals surface area (Å²) in [6.45, 7) is -0.438. The molecule has 5 heterocycles. The molecule has 11 heteroatoms. The van der Waals surface area contributed by atoms with Crippen LogP contribution in [-0.4, -0.2) is 43.0 Å². The molecule has 0 spiro atoms. The lowest BCUT2D eigenvalue weighted by Gasteiger charge is -2.06. The zero-order valence-electron chi connectivity index (χ0n) is 15.5. The fourth-order valence-electron chi connectivity index (χ4n) is 3.59. The number of carbonyl (C=O) groups is 1. The average molecular weight is 432 g/mol. The van der Waals surface area contributed by atoms with Gasteiger partial charge in [-0.25, -0.2) is 9.50 Å². The van der Waals surface area contributed by atoms with Crippen molar-refractivity contribution in [3.8, 4) is 22.3 Å². The van der Waals surface area contributed by atoms with Gasteiger partial charge in [-0.2, -0.15) is 23.4 Å². The molecule has 0 aromatic carbocycles. The summed E-state index contributed by atoms with van der Waals surface area (Å²) in [5.74, 6) is -0.759. The second kappa shape index (κ2) is 6.94. The Morgan fingerprint density at radius 1 is 1.17 bits per heavy atom. The third-order valence-corrected chi connectivity index (χ3v) is 5.91. The van der Waals surface area contributed by atoms with Crippen molar-refractivity contribution in [2.24, 2.45) is 0 Å². The van der Waals surface area contributed by atoms with Crippen LogP contribution in [0.1, 0.15) is 21.8 Å². The molecule has 4 aromatic heterocycles. The maximum Gasteiger partial charge on any atom is 0.405 e. The summed E-state index contributed by atoms with van der Waals surface area (Å²) in [6, 6.07) is 1.55. The number of carbonyl (C=O) groups excluding carboxylic acids is 1. The predicted molar refractivity (Wildman–Crippen MR) is 104 cm³/mol. The molecule has 5 rings (SSSR count). The number of amides is 1. The summed E-state index contributed by atoms with van der Waals surface area (Å²) in [5, 5.41) is 12.4. The van der Waals surface area contributed by atoms with E-state index >= 15 is 0 Å². The average Bonchev–Trinajstić information content (AvgIpc) is 3.47. The van der Waals surface area contributed by atoms with Gasteiger partial charge >= 0.3 is 6.18 Å². The smallest absolute Gasteiger partial charge is 0.342 e. The number of hydrogen-bond acceptors (Lipinski definition) is 5. The topological polar surface area (TPSA) is 77.1 Å². The maximum absolute atomic E-state index is 12.3. The largest absolute Gasteiger partial charge is 0.405 e. The molecule has 30 heavy (non-hydrogen) atoms. The van der Waals surface area contributed by atoms with Crippen molar-refractivity contribution < 1.29 is 18.0 Å². The van der Waals surface area contributed by atoms with Crippen molar-refractivity contribution in [1.82, 2.24) is 29.7 Å². The molecule has 1 amide bonds. The molecule has 0 radical (unpaired) electrons. The fourth-order valence-corrected chi connectivity index (χ4v) is 4.41. The first kappa shape index (κ1) is 18.8. The Labute approximate surface area is 172 Å². The number of alkyl halides is 3. The highest BCUT2D eigenvalue weighted by atomic mass is 32.1. The molecule has 0 atom stereocenters. The van der Waals surface area contributed by atoms with E-state index in [2.05, 4.69) is 15.2 Å². The second-order valence-electron chi connectivity index (χ2n) is 7.00. The first-order chi connectivity index (χ1) is 14.4. The van der Waals surface area contributed by atoms with Crippen molar-refractivity contribution >= 4 is 22.9 Å². The van der Waals surface area contributed by atoms with Crippen LogP contribution in [0, 0.1) is 0 Å². The first-order valence-electron chi connectivity index (χ1n) is 9.21. The van der Waals surface area contributed by atoms with Crippen molar-refractivity contribution in [3.63, 3.8) is 0 Å². The van der Waals surface area contributed by atoms with Crippen molar-refractivity contribution in [2.75, 3.05) is 6.54 Å². The zero-order chi connectivity index (χ0) is 20.9. The lowest BCUT2D eigenvalue weighted by atomic mass is 10.1. The van der Waals surface area contributed by atoms with Crippen molar-refractivity contribution in [2.45, 2.75) is 25.6 Å². The minimum atomic E-state index is -4.45. The SMILES string of the molecule is O=C(NCC(F)(F)F)c1cc(-c2cnn3cc(-c4cnn5c4CCC5)cnc23)cs1. The number of rotatable bonds is 4. The van der Waals surface area contributed by atoms with Gasteiger partial charge in [0.15, 0.2) is 5.65 Å². The molecule has 1 aliphatic heterocycles. The van der Waals surface area contributed by atoms with Crippen LogP contribution in [0.15, 0.2) is 36.2 Å². The van der Waals surface area contributed by atoms with Gasteiger partial charge in [-0.05, 0) is 29.9 Å². The molecule has 1 aliphatic rings. The number of nitrogens with one attached hydrogen (secondary N) is 1. The van der Waals surface area contributed by atoms with Gasteiger partial charge in [0.2, 0.25) is 0 Å². The highest BCUT2D eigenvalue weighted by Gasteiger charge is 2.28. The molecule has 4 aromatic rings. The van der Waals surface area contributed by atoms with E-state index in [-0.39, 0.29) is 4.88 Å². The third kappa shape index (κ3) is 3.34. The van der Waals surface area contributed by atoms with Crippen molar-refractivity contribution in [1.29, 1.82) is 0 Å². The Bertz CT molecular complexity index is 1250. The predicted octanol–water partition coefficient (Wildman–Crippen LogP) is 3.56. The van der Waals surface area contributed by atoms with E-state index < -0.39 is 18.6 Å². The van der Waals surface area contributed by atoms with E-state index in [0.717, 1.165) is 41.9 Å². The molecule has 0 bridgehead atoms. The number of aromatic nitrogens is 5. The monoisotopic (exact) mass is 432 g/mol. The summed E-state index contributed by atoms with van der Waals surface area (Å²) in [7, 11) is 0. The van der Waals surface area contributed by atoms with Gasteiger partial charge in [0, 0.05) is 41.3 Å². The van der Waals surface area contributed by atoms with Crippen LogP contribution in [0.25, 0.3) is 27.9 Å². The van der Waals surface area contributed by atoms with E-state index in [1.165, 1.54) is 5.69 Å². The highest BCUT2D eigenvalue weighted by molar-refractivity contribution is 7.12. The minimum absolute atomic E-state index is 0.195. The van der Waals surface area contributed by atoms with Crippen molar-refractivity contribution in [3.05, 3.63) is 46.8 Å². The number of hydrogen-bond donors (Lipinski definition) is 1. The Morgan fingerprint density at radius 3 is 2.83 bits per heavy atom. The van der Waals surface area contributed by atoms with Crippen LogP contribution >= 0.6 is 11.3 Å². The van der Waals surface area contributed by atoms with Gasteiger partial charge in [-0.15, -0.1) is 11.3 Å². The summed E-state index contributed by atoms with van der Waals surface area (Å²) in [4.78, 5) is 16.7. The molecule has 0 fully saturated rings. The zero-order valence-corrected chi connectivity index (χ0v) is 16.3. The number of nitrogens with zero attached hydrogens (tertiary/aromatic N) is 5. The van der Waals surface area contributed by atoms with E-state index in [0.29, 0.717) is 16.8 Å². The normalized spacial score (nSPS) is 13.7. The van der Waals surface area contributed by atoms with E-state index in [1.807, 2.05) is 22.4 Å². The standard InChI is InChI=1S/C19H15F3N6OS/c20-19(21,22)10-24-18(29)16-4-11(9-30-16)14-7-26-28-8-12(5-23-17(14)28)13-6-25-27-3-1-2-15(13)27/h4-9H,1-3,10H2,(H,24,29). The lowest BCUT2D eigenvalue weighted by Crippen LogP contribution is -2.33. The van der Waals surface area contributed by atoms with Gasteiger partial charge < -0.3 is 5.32 Å². The third-order valence-electron chi connectivity index (χ3n) is 4.98. The molecular formula is C19H15F3N6OS. The number of thiophene rings is 1. The Hall–Kier alpha value is -3.21. The highest BCUT2D eigenvalue weighted by Crippen LogP contribution is 2.31. The van der Waals surface area contributed by atoms with Crippen LogP contribution in [0.4, 0.5) is 13.2 Å². The van der Waals surface area contributed by atoms with Gasteiger partial charge in [-0.3, -0.25) is 9.48 Å². The van der Waals surface area contributed by atoms with Crippen LogP contribution < -0.4 is 5.32 Å². The molecule has 1 N–H and O–H groups in total. The fraction of sp³-hybridized carbons (Fsp3) is 0.263. The van der Waals surface area contributed by atoms with Gasteiger partial charge in [0.25, 0.3) is 5.91 Å². The summed E-state index contributed by atoms with van der Waals surface area (Å²) in [6.07, 6.45) is 4.72. The number of fused-ring (bicyclic) bond motifs is 2. The summed E-state index contributed by atoms with van der Waals surface area (Å²) in [5.41, 5.74) is 5.13. The maximum atomic E-state index is 12.3. The van der Waals surface area contributed by atoms with Crippen LogP contribution in [-0.2, 0) is 13.0 Å². The molecule has 154 valence electrons. The Morgan fingerprint density at radius 2 is 2.00 bits per heavy atom. The Balaban J connectivity index is 1.42. The van der Waals surface area contributed by atoms with Crippen LogP contribution in [0.2, 0.25) is 0 Å². The summed E-state index contributed by atoms with van der Waals surface area (Å²) < 4.78 is 40.6. The summed E-state index contributed by atoms with van der Waals surface area (Å²) >= 11 is 1.07. The second-order valence-corrected chi connectivity index (χ2v) is 7.91. The molecular weight excluding hydrogens is 417 g/mol. The quantitative estimate of drug-likeness (QED) is 0.535. The molecule has 0 saturated carbocycles. The number of halogens is 3. The van der Waals surface area contributed by atoms with E-state index in [1.54, 1.807) is 28.4 Å². The lowest BCUT2D eigenvalue weighted by molar-refractivity contribution is -0.123. The Kier molecular flexibility index (Phi) is 4.35. The van der Waals surface area contributed by atoms with Gasteiger partial charge in [-0.1, -0.05) is 0 Å². The van der Waals surface area contributed by atoms with E-state index in [4.69, 9.17) is 0 Å².